The molecule has 130 valence electrons. The summed E-state index contributed by atoms with van der Waals surface area (Å²) in [5.41, 5.74) is 1.36. The highest BCUT2D eigenvalue weighted by atomic mass is 19.3. The number of imidazole rings is 1. The maximum absolute atomic E-state index is 13.2. The number of carbonyl (C=O) groups is 1. The van der Waals surface area contributed by atoms with Crippen molar-refractivity contribution in [3.05, 3.63) is 70.1 Å². The molecule has 0 aliphatic heterocycles. The third kappa shape index (κ3) is 3.37. The first-order valence-corrected chi connectivity index (χ1v) is 7.50. The van der Waals surface area contributed by atoms with E-state index in [0.717, 1.165) is 11.1 Å². The van der Waals surface area contributed by atoms with Gasteiger partial charge in [-0.25, -0.2) is 14.2 Å². The average Bonchev–Trinajstić information content (AvgIpc) is 2.86. The van der Waals surface area contributed by atoms with Crippen molar-refractivity contribution in [3.8, 4) is 0 Å². The number of benzene rings is 2. The Hall–Kier alpha value is -3.16. The largest absolute Gasteiger partial charge is 0.465 e. The Kier molecular flexibility index (Phi) is 4.51. The first-order valence-electron chi connectivity index (χ1n) is 7.50. The third-order valence-electron chi connectivity index (χ3n) is 3.87. The SMILES string of the molecule is O=C(O)NCc1ccc(Cn2c(=O)n(C(F)F)c3ccccc32)cc1. The van der Waals surface area contributed by atoms with Crippen LogP contribution < -0.4 is 11.0 Å². The van der Waals surface area contributed by atoms with E-state index in [1.54, 1.807) is 42.5 Å². The van der Waals surface area contributed by atoms with Crippen molar-refractivity contribution >= 4 is 17.1 Å². The minimum Gasteiger partial charge on any atom is -0.465 e. The molecule has 1 amide bonds. The zero-order valence-electron chi connectivity index (χ0n) is 13.0. The van der Waals surface area contributed by atoms with Crippen LogP contribution in [0.2, 0.25) is 0 Å². The van der Waals surface area contributed by atoms with E-state index in [4.69, 9.17) is 5.11 Å². The van der Waals surface area contributed by atoms with E-state index in [1.165, 1.54) is 10.6 Å². The third-order valence-corrected chi connectivity index (χ3v) is 3.87. The quantitative estimate of drug-likeness (QED) is 0.745. The minimum atomic E-state index is -2.91. The highest BCUT2D eigenvalue weighted by Crippen LogP contribution is 2.19. The van der Waals surface area contributed by atoms with Crippen molar-refractivity contribution in [1.29, 1.82) is 0 Å². The van der Waals surface area contributed by atoms with Crippen molar-refractivity contribution in [1.82, 2.24) is 14.5 Å². The molecule has 0 fully saturated rings. The summed E-state index contributed by atoms with van der Waals surface area (Å²) in [4.78, 5) is 22.8. The number of alkyl halides is 2. The molecule has 0 aliphatic carbocycles. The lowest BCUT2D eigenvalue weighted by molar-refractivity contribution is 0.0703. The zero-order valence-corrected chi connectivity index (χ0v) is 13.0. The Labute approximate surface area is 140 Å². The molecule has 8 heteroatoms. The van der Waals surface area contributed by atoms with Gasteiger partial charge in [0.25, 0.3) is 0 Å². The summed E-state index contributed by atoms with van der Waals surface area (Å²) in [7, 11) is 0. The van der Waals surface area contributed by atoms with Crippen LogP contribution in [0.25, 0.3) is 11.0 Å². The fourth-order valence-corrected chi connectivity index (χ4v) is 2.70. The number of nitrogens with zero attached hydrogens (tertiary/aromatic N) is 2. The van der Waals surface area contributed by atoms with Gasteiger partial charge in [0.2, 0.25) is 0 Å². The van der Waals surface area contributed by atoms with Crippen molar-refractivity contribution in [2.45, 2.75) is 19.6 Å². The van der Waals surface area contributed by atoms with Crippen molar-refractivity contribution < 1.29 is 18.7 Å². The molecule has 0 spiro atoms. The van der Waals surface area contributed by atoms with Crippen LogP contribution in [0.5, 0.6) is 0 Å². The van der Waals surface area contributed by atoms with Gasteiger partial charge in [0, 0.05) is 6.54 Å². The van der Waals surface area contributed by atoms with Gasteiger partial charge in [-0.1, -0.05) is 36.4 Å². The lowest BCUT2D eigenvalue weighted by atomic mass is 10.1. The van der Waals surface area contributed by atoms with Crippen molar-refractivity contribution in [2.24, 2.45) is 0 Å². The molecule has 0 aliphatic rings. The van der Waals surface area contributed by atoms with E-state index in [1.807, 2.05) is 0 Å². The van der Waals surface area contributed by atoms with Gasteiger partial charge in [-0.05, 0) is 23.3 Å². The van der Waals surface area contributed by atoms with Gasteiger partial charge in [0.1, 0.15) is 0 Å². The summed E-state index contributed by atoms with van der Waals surface area (Å²) in [5.74, 6) is 0. The number of carboxylic acid groups (broad SMARTS) is 1. The molecular formula is C17H15F2N3O3. The molecule has 2 N–H and O–H groups in total. The van der Waals surface area contributed by atoms with Crippen LogP contribution in [0.15, 0.2) is 53.3 Å². The molecule has 1 aromatic heterocycles. The smallest absolute Gasteiger partial charge is 0.404 e. The Morgan fingerprint density at radius 2 is 1.64 bits per heavy atom. The van der Waals surface area contributed by atoms with Crippen molar-refractivity contribution in [2.75, 3.05) is 0 Å². The molecule has 3 rings (SSSR count). The Morgan fingerprint density at radius 3 is 2.24 bits per heavy atom. The zero-order chi connectivity index (χ0) is 18.0. The van der Waals surface area contributed by atoms with E-state index < -0.39 is 18.3 Å². The molecule has 0 saturated heterocycles. The standard InChI is InChI=1S/C17H15F2N3O3/c18-15(19)22-14-4-2-1-3-13(14)21(17(22)25)10-12-7-5-11(6-8-12)9-20-16(23)24/h1-8,15,20H,9-10H2,(H,23,24). The monoisotopic (exact) mass is 347 g/mol. The number of rotatable bonds is 5. The number of halogens is 2. The second kappa shape index (κ2) is 6.76. The van der Waals surface area contributed by atoms with E-state index in [2.05, 4.69) is 5.32 Å². The molecule has 3 aromatic rings. The summed E-state index contributed by atoms with van der Waals surface area (Å²) < 4.78 is 28.2. The van der Waals surface area contributed by atoms with Gasteiger partial charge in [-0.2, -0.15) is 8.78 Å². The maximum Gasteiger partial charge on any atom is 0.404 e. The molecule has 1 heterocycles. The number of amides is 1. The molecule has 0 unspecified atom stereocenters. The van der Waals surface area contributed by atoms with Crippen LogP contribution in [-0.4, -0.2) is 20.3 Å². The lowest BCUT2D eigenvalue weighted by Crippen LogP contribution is -2.25. The number of para-hydroxylation sites is 2. The number of nitrogens with one attached hydrogen (secondary N) is 1. The normalized spacial score (nSPS) is 11.2. The topological polar surface area (TPSA) is 76.3 Å². The van der Waals surface area contributed by atoms with Crippen LogP contribution in [0, 0.1) is 0 Å². The fourth-order valence-electron chi connectivity index (χ4n) is 2.70. The Bertz CT molecular complexity index is 961. The molecule has 0 saturated carbocycles. The van der Waals surface area contributed by atoms with Crippen LogP contribution in [0.4, 0.5) is 13.6 Å². The molecule has 0 radical (unpaired) electrons. The summed E-state index contributed by atoms with van der Waals surface area (Å²) in [6.07, 6.45) is -1.12. The number of fused-ring (bicyclic) bond motifs is 1. The van der Waals surface area contributed by atoms with Crippen LogP contribution in [0.1, 0.15) is 17.7 Å². The van der Waals surface area contributed by atoms with E-state index in [0.29, 0.717) is 10.1 Å². The van der Waals surface area contributed by atoms with E-state index in [9.17, 15) is 18.4 Å². The highest BCUT2D eigenvalue weighted by molar-refractivity contribution is 5.76. The Balaban J connectivity index is 1.92. The first-order chi connectivity index (χ1) is 12.0. The minimum absolute atomic E-state index is 0.145. The first kappa shape index (κ1) is 16.7. The maximum atomic E-state index is 13.2. The molecule has 0 atom stereocenters. The van der Waals surface area contributed by atoms with E-state index in [-0.39, 0.29) is 18.6 Å². The molecule has 2 aromatic carbocycles. The second-order valence-corrected chi connectivity index (χ2v) is 5.48. The predicted octanol–water partition coefficient (Wildman–Crippen LogP) is 3.01. The molecule has 25 heavy (non-hydrogen) atoms. The van der Waals surface area contributed by atoms with E-state index >= 15 is 0 Å². The molecule has 6 nitrogen and oxygen atoms in total. The summed E-state index contributed by atoms with van der Waals surface area (Å²) in [5, 5.41) is 10.8. The van der Waals surface area contributed by atoms with Gasteiger partial charge in [0.15, 0.2) is 0 Å². The van der Waals surface area contributed by atoms with Crippen molar-refractivity contribution in [3.63, 3.8) is 0 Å². The van der Waals surface area contributed by atoms with Gasteiger partial charge in [0.05, 0.1) is 17.6 Å². The molecular weight excluding hydrogens is 332 g/mol. The van der Waals surface area contributed by atoms with Crippen LogP contribution in [-0.2, 0) is 13.1 Å². The Morgan fingerprint density at radius 1 is 1.04 bits per heavy atom. The fraction of sp³-hybridized carbons (Fsp3) is 0.176. The van der Waals surface area contributed by atoms with Gasteiger partial charge in [-0.3, -0.25) is 4.57 Å². The predicted molar refractivity (Wildman–Crippen MR) is 87.9 cm³/mol. The lowest BCUT2D eigenvalue weighted by Gasteiger charge is -2.06. The second-order valence-electron chi connectivity index (χ2n) is 5.48. The van der Waals surface area contributed by atoms with Gasteiger partial charge in [-0.15, -0.1) is 0 Å². The highest BCUT2D eigenvalue weighted by Gasteiger charge is 2.18. The van der Waals surface area contributed by atoms with Crippen LogP contribution in [0.3, 0.4) is 0 Å². The van der Waals surface area contributed by atoms with Gasteiger partial charge < -0.3 is 10.4 Å². The summed E-state index contributed by atoms with van der Waals surface area (Å²) >= 11 is 0. The summed E-state index contributed by atoms with van der Waals surface area (Å²) in [6, 6.07) is 13.3. The molecule has 0 bridgehead atoms. The number of aromatic nitrogens is 2. The average molecular weight is 347 g/mol. The number of hydrogen-bond acceptors (Lipinski definition) is 2. The van der Waals surface area contributed by atoms with Gasteiger partial charge >= 0.3 is 18.3 Å². The number of hydrogen-bond donors (Lipinski definition) is 2. The van der Waals surface area contributed by atoms with Crippen LogP contribution >= 0.6 is 0 Å². The summed E-state index contributed by atoms with van der Waals surface area (Å²) in [6.45, 7) is -2.60.